The molecule has 0 aromatic rings. The summed E-state index contributed by atoms with van der Waals surface area (Å²) in [6, 6.07) is 0. The van der Waals surface area contributed by atoms with Crippen molar-refractivity contribution in [3.63, 3.8) is 0 Å². The molecule has 1 saturated carbocycles. The molecule has 0 bridgehead atoms. The average Bonchev–Trinajstić information content (AvgIpc) is 1.78. The third-order valence-corrected chi connectivity index (χ3v) is 2.08. The standard InChI is InChI=1S/C6H9ClF2/c7-5-1-3-6(8,9)4-2-5/h5H,1-4H2. The van der Waals surface area contributed by atoms with E-state index in [9.17, 15) is 8.78 Å². The number of hydrogen-bond acceptors (Lipinski definition) is 0. The largest absolute Gasteiger partial charge is 0.248 e. The number of halogens is 3. The SMILES string of the molecule is FC1(F)CCC(Cl)CC1. The van der Waals surface area contributed by atoms with Crippen LogP contribution in [-0.2, 0) is 0 Å². The van der Waals surface area contributed by atoms with Crippen LogP contribution in [0.15, 0.2) is 0 Å². The lowest BCUT2D eigenvalue weighted by atomic mass is 9.97. The molecule has 0 heterocycles. The number of alkyl halides is 3. The molecular formula is C6H9ClF2. The molecule has 0 saturated heterocycles. The van der Waals surface area contributed by atoms with Crippen LogP contribution in [0.1, 0.15) is 25.7 Å². The smallest absolute Gasteiger partial charge is 0.207 e. The van der Waals surface area contributed by atoms with Crippen molar-refractivity contribution in [2.75, 3.05) is 0 Å². The molecule has 0 radical (unpaired) electrons. The fourth-order valence-corrected chi connectivity index (χ4v) is 1.22. The predicted molar refractivity (Wildman–Crippen MR) is 33.1 cm³/mol. The van der Waals surface area contributed by atoms with Crippen LogP contribution in [0, 0.1) is 0 Å². The Hall–Kier alpha value is 0.150. The summed E-state index contributed by atoms with van der Waals surface area (Å²) < 4.78 is 24.6. The molecule has 9 heavy (non-hydrogen) atoms. The fourth-order valence-electron chi connectivity index (χ4n) is 1.00. The second kappa shape index (κ2) is 2.41. The highest BCUT2D eigenvalue weighted by atomic mass is 35.5. The van der Waals surface area contributed by atoms with Crippen molar-refractivity contribution < 1.29 is 8.78 Å². The maximum Gasteiger partial charge on any atom is 0.248 e. The Kier molecular flexibility index (Phi) is 1.94. The van der Waals surface area contributed by atoms with Crippen molar-refractivity contribution in [3.05, 3.63) is 0 Å². The highest BCUT2D eigenvalue weighted by molar-refractivity contribution is 6.20. The zero-order valence-corrected chi connectivity index (χ0v) is 5.80. The van der Waals surface area contributed by atoms with E-state index in [0.717, 1.165) is 0 Å². The minimum Gasteiger partial charge on any atom is -0.207 e. The molecule has 1 aliphatic rings. The molecule has 3 heteroatoms. The lowest BCUT2D eigenvalue weighted by Crippen LogP contribution is -2.24. The van der Waals surface area contributed by atoms with Gasteiger partial charge in [0.25, 0.3) is 0 Å². The van der Waals surface area contributed by atoms with E-state index in [1.807, 2.05) is 0 Å². The van der Waals surface area contributed by atoms with E-state index in [1.165, 1.54) is 0 Å². The van der Waals surface area contributed by atoms with Crippen LogP contribution in [0.5, 0.6) is 0 Å². The molecule has 0 unspecified atom stereocenters. The van der Waals surface area contributed by atoms with E-state index in [0.29, 0.717) is 12.8 Å². The molecule has 1 fully saturated rings. The van der Waals surface area contributed by atoms with Gasteiger partial charge in [0, 0.05) is 18.2 Å². The van der Waals surface area contributed by atoms with E-state index in [1.54, 1.807) is 0 Å². The van der Waals surface area contributed by atoms with E-state index in [-0.39, 0.29) is 18.2 Å². The lowest BCUT2D eigenvalue weighted by Gasteiger charge is -2.24. The van der Waals surface area contributed by atoms with Gasteiger partial charge in [0.1, 0.15) is 0 Å². The van der Waals surface area contributed by atoms with Crippen LogP contribution in [0.2, 0.25) is 0 Å². The Morgan fingerprint density at radius 1 is 1.22 bits per heavy atom. The van der Waals surface area contributed by atoms with E-state index >= 15 is 0 Å². The molecule has 0 nitrogen and oxygen atoms in total. The van der Waals surface area contributed by atoms with Gasteiger partial charge in [-0.3, -0.25) is 0 Å². The zero-order chi connectivity index (χ0) is 6.91. The maximum atomic E-state index is 12.3. The molecule has 0 aromatic heterocycles. The Morgan fingerprint density at radius 2 is 1.67 bits per heavy atom. The molecule has 0 aromatic carbocycles. The van der Waals surface area contributed by atoms with Gasteiger partial charge in [-0.2, -0.15) is 0 Å². The van der Waals surface area contributed by atoms with Crippen LogP contribution in [0.25, 0.3) is 0 Å². The average molecular weight is 155 g/mol. The summed E-state index contributed by atoms with van der Waals surface area (Å²) in [7, 11) is 0. The Morgan fingerprint density at radius 3 is 2.00 bits per heavy atom. The van der Waals surface area contributed by atoms with Gasteiger partial charge in [-0.1, -0.05) is 0 Å². The first-order chi connectivity index (χ1) is 4.10. The minimum atomic E-state index is -2.43. The third kappa shape index (κ3) is 2.09. The topological polar surface area (TPSA) is 0 Å². The van der Waals surface area contributed by atoms with E-state index < -0.39 is 5.92 Å². The van der Waals surface area contributed by atoms with Gasteiger partial charge < -0.3 is 0 Å². The normalized spacial score (nSPS) is 28.3. The first-order valence-corrected chi connectivity index (χ1v) is 3.56. The van der Waals surface area contributed by atoms with Gasteiger partial charge in [-0.05, 0) is 12.8 Å². The lowest BCUT2D eigenvalue weighted by molar-refractivity contribution is -0.0328. The molecule has 0 aliphatic heterocycles. The molecule has 1 rings (SSSR count). The van der Waals surface area contributed by atoms with Crippen molar-refractivity contribution >= 4 is 11.6 Å². The van der Waals surface area contributed by atoms with Crippen molar-refractivity contribution in [1.82, 2.24) is 0 Å². The molecule has 54 valence electrons. The van der Waals surface area contributed by atoms with Gasteiger partial charge >= 0.3 is 0 Å². The van der Waals surface area contributed by atoms with Crippen LogP contribution in [0.4, 0.5) is 8.78 Å². The van der Waals surface area contributed by atoms with Gasteiger partial charge in [-0.25, -0.2) is 8.78 Å². The van der Waals surface area contributed by atoms with E-state index in [4.69, 9.17) is 11.6 Å². The van der Waals surface area contributed by atoms with Gasteiger partial charge in [-0.15, -0.1) is 11.6 Å². The van der Waals surface area contributed by atoms with Crippen LogP contribution >= 0.6 is 11.6 Å². The Labute approximate surface area is 58.2 Å². The molecule has 0 amide bonds. The second-order valence-corrected chi connectivity index (χ2v) is 3.15. The van der Waals surface area contributed by atoms with Crippen molar-refractivity contribution in [3.8, 4) is 0 Å². The van der Waals surface area contributed by atoms with Crippen LogP contribution in [-0.4, -0.2) is 11.3 Å². The number of hydrogen-bond donors (Lipinski definition) is 0. The summed E-state index contributed by atoms with van der Waals surface area (Å²) in [4.78, 5) is 0. The summed E-state index contributed by atoms with van der Waals surface area (Å²) in [6.45, 7) is 0. The predicted octanol–water partition coefficient (Wildman–Crippen LogP) is 2.80. The third-order valence-electron chi connectivity index (χ3n) is 1.65. The summed E-state index contributed by atoms with van der Waals surface area (Å²) in [6.07, 6.45) is 0.880. The Balaban J connectivity index is 2.35. The maximum absolute atomic E-state index is 12.3. The van der Waals surface area contributed by atoms with Crippen molar-refractivity contribution in [1.29, 1.82) is 0 Å². The quantitative estimate of drug-likeness (QED) is 0.471. The Bertz CT molecular complexity index is 93.2. The summed E-state index contributed by atoms with van der Waals surface area (Å²) in [5.41, 5.74) is 0. The minimum absolute atomic E-state index is 0.00961. The zero-order valence-electron chi connectivity index (χ0n) is 5.04. The fraction of sp³-hybridized carbons (Fsp3) is 1.00. The van der Waals surface area contributed by atoms with E-state index in [2.05, 4.69) is 0 Å². The molecule has 0 N–H and O–H groups in total. The van der Waals surface area contributed by atoms with Crippen molar-refractivity contribution in [2.45, 2.75) is 37.0 Å². The highest BCUT2D eigenvalue weighted by Crippen LogP contribution is 2.34. The molecule has 0 atom stereocenters. The van der Waals surface area contributed by atoms with Crippen LogP contribution in [0.3, 0.4) is 0 Å². The van der Waals surface area contributed by atoms with Gasteiger partial charge in [0.2, 0.25) is 5.92 Å². The molecule has 0 spiro atoms. The number of rotatable bonds is 0. The van der Waals surface area contributed by atoms with Gasteiger partial charge in [0.15, 0.2) is 0 Å². The summed E-state index contributed by atoms with van der Waals surface area (Å²) >= 11 is 5.61. The monoisotopic (exact) mass is 154 g/mol. The van der Waals surface area contributed by atoms with Gasteiger partial charge in [0.05, 0.1) is 0 Å². The first-order valence-electron chi connectivity index (χ1n) is 3.12. The molecule has 1 aliphatic carbocycles. The van der Waals surface area contributed by atoms with Crippen molar-refractivity contribution in [2.24, 2.45) is 0 Å². The highest BCUT2D eigenvalue weighted by Gasteiger charge is 2.33. The summed E-state index contributed by atoms with van der Waals surface area (Å²) in [5.74, 6) is -2.43. The second-order valence-electron chi connectivity index (χ2n) is 2.53. The summed E-state index contributed by atoms with van der Waals surface area (Å²) in [5, 5.41) is -0.00961. The first kappa shape index (κ1) is 7.26. The molecular weight excluding hydrogens is 146 g/mol. The van der Waals surface area contributed by atoms with Crippen LogP contribution < -0.4 is 0 Å².